The summed E-state index contributed by atoms with van der Waals surface area (Å²) < 4.78 is 12.6. The first-order chi connectivity index (χ1) is 4.61. The van der Waals surface area contributed by atoms with Crippen molar-refractivity contribution >= 4 is 24.9 Å². The van der Waals surface area contributed by atoms with Crippen LogP contribution in [0.4, 0.5) is 0 Å². The Balaban J connectivity index is 0. The number of nitrogens with zero attached hydrogens (tertiary/aromatic N) is 3. The Kier molecular flexibility index (Phi) is 7.23. The maximum absolute atomic E-state index is 4.30. The van der Waals surface area contributed by atoms with E-state index in [1.807, 2.05) is 0 Å². The van der Waals surface area contributed by atoms with Crippen molar-refractivity contribution in [2.45, 2.75) is 33.4 Å². The van der Waals surface area contributed by atoms with Gasteiger partial charge in [-0.1, -0.05) is 7.43 Å². The smallest absolute Gasteiger partial charge is 0.346 e. The van der Waals surface area contributed by atoms with E-state index in [9.17, 15) is 0 Å². The molecule has 6 heteroatoms. The standard InChI is InChI=1S/C4H9N3P3.CH4.CH3/c1-4(2,3)10-6-8-5-9-7-10;;/h1-3H3;1H4;1H3/q+1;;-1. The number of rotatable bonds is 0. The van der Waals surface area contributed by atoms with Crippen LogP contribution >= 0.6 is 24.9 Å². The molecule has 0 unspecified atom stereocenters. The molecule has 0 bridgehead atoms. The van der Waals surface area contributed by atoms with Gasteiger partial charge in [-0.3, -0.25) is 0 Å². The van der Waals surface area contributed by atoms with Gasteiger partial charge in [0.25, 0.3) is 0 Å². The Morgan fingerprint density at radius 2 is 1.50 bits per heavy atom. The van der Waals surface area contributed by atoms with E-state index < -0.39 is 7.85 Å². The van der Waals surface area contributed by atoms with Crippen molar-refractivity contribution in [2.24, 2.45) is 0 Å². The Morgan fingerprint density at radius 3 is 1.75 bits per heavy atom. The lowest BCUT2D eigenvalue weighted by Crippen LogP contribution is -2.01. The summed E-state index contributed by atoms with van der Waals surface area (Å²) in [7, 11) is 1.25. The summed E-state index contributed by atoms with van der Waals surface area (Å²) in [4.78, 5) is 0. The van der Waals surface area contributed by atoms with Crippen LogP contribution in [-0.2, 0) is 5.16 Å². The first kappa shape index (κ1) is 14.8. The predicted octanol–water partition coefficient (Wildman–Crippen LogP) is 4.14. The van der Waals surface area contributed by atoms with Gasteiger partial charge in [-0.15, -0.1) is 0 Å². The molecular weight excluding hydrogens is 207 g/mol. The molecule has 0 aromatic carbocycles. The van der Waals surface area contributed by atoms with Crippen molar-refractivity contribution in [3.63, 3.8) is 0 Å². The minimum atomic E-state index is -0.481. The molecule has 3 nitrogen and oxygen atoms in total. The van der Waals surface area contributed by atoms with Crippen LogP contribution in [0.3, 0.4) is 0 Å². The van der Waals surface area contributed by atoms with Gasteiger partial charge in [-0.25, -0.2) is 0 Å². The molecule has 0 N–H and O–H groups in total. The van der Waals surface area contributed by atoms with Crippen LogP contribution in [-0.4, -0.2) is 13.5 Å². The second kappa shape index (κ2) is 5.86. The molecule has 0 saturated heterocycles. The molecule has 70 valence electrons. The average molecular weight is 223 g/mol. The molecule has 0 atom stereocenters. The van der Waals surface area contributed by atoms with Crippen molar-refractivity contribution in [3.8, 4) is 0 Å². The van der Waals surface area contributed by atoms with Crippen molar-refractivity contribution in [1.29, 1.82) is 0 Å². The summed E-state index contributed by atoms with van der Waals surface area (Å²) in [5, 5.41) is 0.227. The second-order valence-electron chi connectivity index (χ2n) is 2.91. The molecule has 1 aromatic heterocycles. The normalized spacial score (nSPS) is 12.4. The molecular formula is C6H16N3P3. The third kappa shape index (κ3) is 4.36. The van der Waals surface area contributed by atoms with Gasteiger partial charge in [0, 0.05) is 0 Å². The summed E-state index contributed by atoms with van der Waals surface area (Å²) >= 11 is 0. The van der Waals surface area contributed by atoms with E-state index in [-0.39, 0.29) is 20.0 Å². The molecule has 0 aliphatic carbocycles. The van der Waals surface area contributed by atoms with Crippen LogP contribution in [0.15, 0.2) is 0 Å². The first-order valence-corrected chi connectivity index (χ1v) is 5.77. The Labute approximate surface area is 79.7 Å². The van der Waals surface area contributed by atoms with Crippen molar-refractivity contribution in [1.82, 2.24) is 13.5 Å². The molecule has 0 fully saturated rings. The summed E-state index contributed by atoms with van der Waals surface area (Å²) in [6.07, 6.45) is 0. The highest BCUT2D eigenvalue weighted by atomic mass is 31.2. The van der Waals surface area contributed by atoms with Crippen LogP contribution in [0.2, 0.25) is 0 Å². The van der Waals surface area contributed by atoms with Crippen LogP contribution < -0.4 is 0 Å². The zero-order valence-electron chi connectivity index (χ0n) is 7.18. The lowest BCUT2D eigenvalue weighted by atomic mass is 10.3. The zero-order chi connectivity index (χ0) is 7.61. The van der Waals surface area contributed by atoms with Crippen molar-refractivity contribution in [3.05, 3.63) is 7.43 Å². The average Bonchev–Trinajstić information content (AvgIpc) is 1.88. The molecule has 0 aliphatic rings. The molecule has 12 heavy (non-hydrogen) atoms. The molecule has 1 heterocycles. The highest BCUT2D eigenvalue weighted by molar-refractivity contribution is 7.53. The van der Waals surface area contributed by atoms with Gasteiger partial charge in [0.15, 0.2) is 0 Å². The van der Waals surface area contributed by atoms with Gasteiger partial charge in [-0.05, 0) is 34.3 Å². The summed E-state index contributed by atoms with van der Waals surface area (Å²) in [6.45, 7) is 6.51. The molecule has 1 rings (SSSR count). The molecule has 0 saturated carbocycles. The van der Waals surface area contributed by atoms with Gasteiger partial charge < -0.3 is 7.43 Å². The second-order valence-corrected chi connectivity index (χ2v) is 7.33. The summed E-state index contributed by atoms with van der Waals surface area (Å²) in [6, 6.07) is 0. The maximum Gasteiger partial charge on any atom is 0.346 e. The fraction of sp³-hybridized carbons (Fsp3) is 0.833. The van der Waals surface area contributed by atoms with Crippen molar-refractivity contribution in [2.75, 3.05) is 0 Å². The Bertz CT molecular complexity index is 209. The number of hydrogen-bond donors (Lipinski definition) is 0. The topological polar surface area (TPSA) is 38.7 Å². The number of aromatic nitrogens is 3. The number of hydrogen-bond acceptors (Lipinski definition) is 3. The van der Waals surface area contributed by atoms with E-state index >= 15 is 0 Å². The summed E-state index contributed by atoms with van der Waals surface area (Å²) in [5.74, 6) is 0. The van der Waals surface area contributed by atoms with Gasteiger partial charge >= 0.3 is 17.0 Å². The SMILES string of the molecule is C.CC(C)(C)[p+]1npnpn1.[CH3-]. The van der Waals surface area contributed by atoms with Gasteiger partial charge in [-0.2, -0.15) is 0 Å². The quantitative estimate of drug-likeness (QED) is 0.620. The van der Waals surface area contributed by atoms with Crippen LogP contribution in [0, 0.1) is 7.43 Å². The molecule has 0 amide bonds. The zero-order valence-corrected chi connectivity index (χ0v) is 9.87. The highest BCUT2D eigenvalue weighted by Gasteiger charge is 2.22. The minimum absolute atomic E-state index is 0. The van der Waals surface area contributed by atoms with E-state index in [0.717, 1.165) is 17.0 Å². The van der Waals surface area contributed by atoms with E-state index in [2.05, 4.69) is 34.3 Å². The maximum atomic E-state index is 4.30. The third-order valence-electron chi connectivity index (χ3n) is 0.929. The molecule has 1 aromatic rings. The highest BCUT2D eigenvalue weighted by Crippen LogP contribution is 2.39. The van der Waals surface area contributed by atoms with Gasteiger partial charge in [0.1, 0.15) is 0 Å². The first-order valence-electron chi connectivity index (χ1n) is 2.92. The van der Waals surface area contributed by atoms with Gasteiger partial charge in [0.05, 0.1) is 5.16 Å². The van der Waals surface area contributed by atoms with E-state index in [1.54, 1.807) is 0 Å². The monoisotopic (exact) mass is 223 g/mol. The van der Waals surface area contributed by atoms with Crippen LogP contribution in [0.1, 0.15) is 28.2 Å². The Morgan fingerprint density at radius 1 is 1.08 bits per heavy atom. The molecule has 0 aliphatic heterocycles. The van der Waals surface area contributed by atoms with Gasteiger partial charge in [0.2, 0.25) is 7.85 Å². The lowest BCUT2D eigenvalue weighted by Gasteiger charge is -2.07. The van der Waals surface area contributed by atoms with E-state index in [1.165, 1.54) is 0 Å². The van der Waals surface area contributed by atoms with E-state index in [4.69, 9.17) is 0 Å². The van der Waals surface area contributed by atoms with Crippen LogP contribution in [0.25, 0.3) is 0 Å². The minimum Gasteiger partial charge on any atom is -0.358 e. The van der Waals surface area contributed by atoms with Crippen LogP contribution in [0.5, 0.6) is 0 Å². The van der Waals surface area contributed by atoms with Crippen molar-refractivity contribution < 1.29 is 0 Å². The molecule has 0 radical (unpaired) electrons. The summed E-state index contributed by atoms with van der Waals surface area (Å²) in [5.41, 5.74) is 0. The molecule has 0 spiro atoms. The largest absolute Gasteiger partial charge is 0.358 e. The lowest BCUT2D eigenvalue weighted by molar-refractivity contribution is 0.712. The van der Waals surface area contributed by atoms with E-state index in [0.29, 0.717) is 0 Å². The fourth-order valence-corrected chi connectivity index (χ4v) is 4.71. The Hall–Kier alpha value is 0.300. The fourth-order valence-electron chi connectivity index (χ4n) is 0.416. The third-order valence-corrected chi connectivity index (χ3v) is 4.76. The predicted molar refractivity (Wildman–Crippen MR) is 60.1 cm³/mol.